The molecule has 0 aliphatic rings. The van der Waals surface area contributed by atoms with E-state index in [0.29, 0.717) is 0 Å². The molecule has 4 nitrogen and oxygen atoms in total. The van der Waals surface area contributed by atoms with Crippen LogP contribution in [0, 0.1) is 0 Å². The van der Waals surface area contributed by atoms with Crippen LogP contribution in [0.3, 0.4) is 0 Å². The fourth-order valence-corrected chi connectivity index (χ4v) is 0. The van der Waals surface area contributed by atoms with Crippen LogP contribution in [-0.4, -0.2) is 60.3 Å². The molecule has 0 atom stereocenters. The van der Waals surface area contributed by atoms with Gasteiger partial charge in [0, 0.05) is 0 Å². The average Bonchev–Trinajstić information content (AvgIpc) is 0.918. The Morgan fingerprint density at radius 1 is 1.33 bits per heavy atom. The van der Waals surface area contributed by atoms with Crippen molar-refractivity contribution in [3.05, 3.63) is 0 Å². The normalized spacial score (nSPS) is 2.00. The van der Waals surface area contributed by atoms with Gasteiger partial charge in [0.05, 0.1) is 0 Å². The molecule has 0 saturated carbocycles. The van der Waals surface area contributed by atoms with E-state index in [1.807, 2.05) is 0 Å². The van der Waals surface area contributed by atoms with Crippen LogP contribution in [-0.2, 0) is 4.79 Å². The van der Waals surface area contributed by atoms with Crippen molar-refractivity contribution in [1.29, 1.82) is 0 Å². The van der Waals surface area contributed by atoms with Crippen molar-refractivity contribution in [2.45, 2.75) is 0 Å². The van der Waals surface area contributed by atoms with E-state index in [4.69, 9.17) is 9.90 Å². The number of rotatable bonds is 0. The van der Waals surface area contributed by atoms with Gasteiger partial charge in [-0.15, -0.1) is 0 Å². The molecule has 0 aliphatic heterocycles. The summed E-state index contributed by atoms with van der Waals surface area (Å²) >= 11 is 0. The van der Waals surface area contributed by atoms with Crippen molar-refractivity contribution in [2.24, 2.45) is 0 Å². The predicted molar refractivity (Wildman–Crippen MR) is 24.5 cm³/mol. The van der Waals surface area contributed by atoms with Crippen molar-refractivity contribution >= 4 is 44.2 Å². The van der Waals surface area contributed by atoms with Crippen molar-refractivity contribution in [3.63, 3.8) is 0 Å². The summed E-state index contributed by atoms with van der Waals surface area (Å²) < 4.78 is 0. The summed E-state index contributed by atoms with van der Waals surface area (Å²) in [6, 6.07) is 0. The molecule has 0 rings (SSSR count). The van der Waals surface area contributed by atoms with Crippen LogP contribution in [0.25, 0.3) is 0 Å². The van der Waals surface area contributed by atoms with E-state index < -0.39 is 0 Å². The molecule has 0 aromatic rings. The minimum atomic E-state index is -0.250. The van der Waals surface area contributed by atoms with Crippen LogP contribution in [0.4, 0.5) is 0 Å². The number of carbonyl (C=O) groups is 1. The molecule has 0 unspecified atom stereocenters. The van der Waals surface area contributed by atoms with Gasteiger partial charge >= 0.3 is 37.7 Å². The monoisotopic (exact) mass is 124 g/mol. The predicted octanol–water partition coefficient (Wildman–Crippen LogP) is -2.86. The van der Waals surface area contributed by atoms with Crippen LogP contribution in [0.15, 0.2) is 0 Å². The first-order valence-electron chi connectivity index (χ1n) is 0.494. The van der Waals surface area contributed by atoms with E-state index >= 15 is 0 Å². The summed E-state index contributed by atoms with van der Waals surface area (Å²) in [6.07, 6.45) is 0. The van der Waals surface area contributed by atoms with Crippen LogP contribution in [0.5, 0.6) is 0 Å². The van der Waals surface area contributed by atoms with Gasteiger partial charge in [-0.1, -0.05) is 0 Å². The van der Waals surface area contributed by atoms with Crippen LogP contribution in [0.1, 0.15) is 0 Å². The summed E-state index contributed by atoms with van der Waals surface area (Å²) in [7, 11) is 0. The molecular weight excluding hydrogens is 116 g/mol. The maximum atomic E-state index is 8.36. The van der Waals surface area contributed by atoms with Crippen molar-refractivity contribution in [2.75, 3.05) is 0 Å². The number of hydrogen-bond donors (Lipinski definition) is 1. The van der Waals surface area contributed by atoms with Crippen molar-refractivity contribution in [1.82, 2.24) is 0 Å². The molecule has 0 radical (unpaired) electrons. The first-order chi connectivity index (χ1) is 1.41. The van der Waals surface area contributed by atoms with Gasteiger partial charge in [-0.2, -0.15) is 0 Å². The van der Waals surface area contributed by atoms with Crippen LogP contribution in [0.2, 0.25) is 0 Å². The standard InChI is InChI=1S/CH2O2.Ca.2H2O.2H/c2-1-3;;;;;/h1H,(H,2,3);;2*1H2;;. The Labute approximate surface area is 64.8 Å². The molecule has 5 heteroatoms. The van der Waals surface area contributed by atoms with Gasteiger partial charge in [0.1, 0.15) is 0 Å². The fraction of sp³-hybridized carbons (Fsp3) is 0. The summed E-state index contributed by atoms with van der Waals surface area (Å²) in [4.78, 5) is 8.36. The zero-order valence-electron chi connectivity index (χ0n) is 2.43. The Bertz CT molecular complexity index is 15.0. The minimum absolute atomic E-state index is 0. The van der Waals surface area contributed by atoms with Gasteiger partial charge in [-0.25, -0.2) is 0 Å². The Morgan fingerprint density at radius 2 is 1.33 bits per heavy atom. The van der Waals surface area contributed by atoms with E-state index in [0.717, 1.165) is 0 Å². The molecule has 0 aromatic carbocycles. The first kappa shape index (κ1) is 30.2. The van der Waals surface area contributed by atoms with E-state index in [9.17, 15) is 0 Å². The molecule has 0 bridgehead atoms. The Hall–Kier alpha value is 0.650. The number of carboxylic acid groups (broad SMARTS) is 1. The molecule has 38 valence electrons. The molecule has 0 heterocycles. The SMILES string of the molecule is O.O.O=CO.[CaH2]. The molecule has 5 N–H and O–H groups in total. The first-order valence-corrected chi connectivity index (χ1v) is 0.494. The second-order valence-corrected chi connectivity index (χ2v) is 0.105. The topological polar surface area (TPSA) is 100 Å². The van der Waals surface area contributed by atoms with E-state index in [1.165, 1.54) is 0 Å². The molecule has 0 saturated heterocycles. The van der Waals surface area contributed by atoms with E-state index in [-0.39, 0.29) is 55.2 Å². The van der Waals surface area contributed by atoms with Gasteiger partial charge in [0.2, 0.25) is 0 Å². The Balaban J connectivity index is -0.00000000667. The Morgan fingerprint density at radius 3 is 1.33 bits per heavy atom. The zero-order valence-corrected chi connectivity index (χ0v) is 2.43. The molecule has 0 aromatic heterocycles. The second-order valence-electron chi connectivity index (χ2n) is 0.105. The van der Waals surface area contributed by atoms with Crippen LogP contribution >= 0.6 is 0 Å². The second kappa shape index (κ2) is 44.9. The summed E-state index contributed by atoms with van der Waals surface area (Å²) in [5, 5.41) is 6.89. The number of hydrogen-bond acceptors (Lipinski definition) is 1. The van der Waals surface area contributed by atoms with Crippen molar-refractivity contribution in [3.8, 4) is 0 Å². The third kappa shape index (κ3) is 147. The zero-order chi connectivity index (χ0) is 2.71. The van der Waals surface area contributed by atoms with Gasteiger partial charge in [0.25, 0.3) is 6.47 Å². The molecule has 0 amide bonds. The maximum absolute atomic E-state index is 8.36. The summed E-state index contributed by atoms with van der Waals surface area (Å²) in [5.41, 5.74) is 0. The van der Waals surface area contributed by atoms with E-state index in [1.54, 1.807) is 0 Å². The third-order valence-corrected chi connectivity index (χ3v) is 0. The molecule has 0 aliphatic carbocycles. The summed E-state index contributed by atoms with van der Waals surface area (Å²) in [6.45, 7) is -0.250. The van der Waals surface area contributed by atoms with Gasteiger partial charge < -0.3 is 16.1 Å². The van der Waals surface area contributed by atoms with E-state index in [2.05, 4.69) is 0 Å². The Kier molecular flexibility index (Phi) is 226. The fourth-order valence-electron chi connectivity index (χ4n) is 0. The van der Waals surface area contributed by atoms with Gasteiger partial charge in [0.15, 0.2) is 0 Å². The van der Waals surface area contributed by atoms with Crippen molar-refractivity contribution < 1.29 is 20.9 Å². The molecule has 6 heavy (non-hydrogen) atoms. The quantitative estimate of drug-likeness (QED) is 0.277. The average molecular weight is 124 g/mol. The molecular formula is CH8CaO4. The van der Waals surface area contributed by atoms with Crippen LogP contribution < -0.4 is 0 Å². The van der Waals surface area contributed by atoms with Gasteiger partial charge in [-0.05, 0) is 0 Å². The molecule has 0 fully saturated rings. The summed E-state index contributed by atoms with van der Waals surface area (Å²) in [5.74, 6) is 0. The van der Waals surface area contributed by atoms with Gasteiger partial charge in [-0.3, -0.25) is 4.79 Å². The third-order valence-electron chi connectivity index (χ3n) is 0. The molecule has 0 spiro atoms.